The lowest BCUT2D eigenvalue weighted by Gasteiger charge is -2.44. The number of halogens is 1. The van der Waals surface area contributed by atoms with Crippen LogP contribution < -0.4 is 0 Å². The summed E-state index contributed by atoms with van der Waals surface area (Å²) < 4.78 is 7.34. The molecule has 0 bridgehead atoms. The Kier molecular flexibility index (Phi) is 4.40. The van der Waals surface area contributed by atoms with Gasteiger partial charge < -0.3 is 9.53 Å². The van der Waals surface area contributed by atoms with E-state index in [0.29, 0.717) is 0 Å². The van der Waals surface area contributed by atoms with Crippen molar-refractivity contribution < 1.29 is 9.53 Å². The van der Waals surface area contributed by atoms with Gasteiger partial charge in [0.15, 0.2) is 14.1 Å². The fraction of sp³-hybridized carbons (Fsp3) is 0.714. The normalized spacial score (nSPS) is 31.3. The van der Waals surface area contributed by atoms with Crippen LogP contribution >= 0.6 is 15.9 Å². The van der Waals surface area contributed by atoms with Crippen molar-refractivity contribution >= 4 is 24.2 Å². The Bertz CT molecular complexity index is 461. The molecule has 6 heteroatoms. The van der Waals surface area contributed by atoms with Gasteiger partial charge in [-0.05, 0) is 68.2 Å². The Labute approximate surface area is 130 Å². The van der Waals surface area contributed by atoms with Crippen LogP contribution in [0.1, 0.15) is 38.4 Å². The van der Waals surface area contributed by atoms with Crippen LogP contribution in [0.3, 0.4) is 0 Å². The Morgan fingerprint density at radius 3 is 2.10 bits per heavy atom. The highest BCUT2D eigenvalue weighted by Crippen LogP contribution is 2.44. The third kappa shape index (κ3) is 3.87. The largest absolute Gasteiger partial charge is 0.405 e. The first kappa shape index (κ1) is 16.1. The topological polar surface area (TPSA) is 55.2 Å². The molecule has 1 N–H and O–H groups in total. The predicted octanol–water partition coefficient (Wildman–Crippen LogP) is 3.61. The van der Waals surface area contributed by atoms with E-state index in [-0.39, 0.29) is 0 Å². The van der Waals surface area contributed by atoms with Gasteiger partial charge in [-0.15, -0.1) is 0 Å². The molecule has 1 aliphatic rings. The van der Waals surface area contributed by atoms with E-state index in [1.54, 1.807) is 12.4 Å². The minimum absolute atomic E-state index is 0.437. The maximum Gasteiger partial charge on any atom is 0.185 e. The number of rotatable bonds is 3. The van der Waals surface area contributed by atoms with E-state index in [0.717, 1.165) is 36.0 Å². The fourth-order valence-corrected chi connectivity index (χ4v) is 4.37. The molecule has 0 aliphatic heterocycles. The van der Waals surface area contributed by atoms with Crippen LogP contribution in [-0.2, 0) is 10.0 Å². The van der Waals surface area contributed by atoms with E-state index in [9.17, 15) is 5.11 Å². The summed E-state index contributed by atoms with van der Waals surface area (Å²) in [6.07, 6.45) is 6.51. The zero-order chi connectivity index (χ0) is 15.0. The lowest BCUT2D eigenvalue weighted by atomic mass is 9.76. The predicted molar refractivity (Wildman–Crippen MR) is 84.9 cm³/mol. The molecule has 1 aromatic heterocycles. The van der Waals surface area contributed by atoms with Gasteiger partial charge in [0.25, 0.3) is 0 Å². The van der Waals surface area contributed by atoms with Gasteiger partial charge in [-0.1, -0.05) is 0 Å². The van der Waals surface area contributed by atoms with Gasteiger partial charge in [-0.2, -0.15) is 0 Å². The van der Waals surface area contributed by atoms with Gasteiger partial charge in [0.1, 0.15) is 5.60 Å². The minimum atomic E-state index is -1.73. The SMILES string of the molecule is CC1(O)CCC(O[Si](C)(C)C)(c2ncc(Br)cn2)CC1. The molecule has 0 unspecified atom stereocenters. The quantitative estimate of drug-likeness (QED) is 0.838. The summed E-state index contributed by atoms with van der Waals surface area (Å²) in [6.45, 7) is 8.44. The molecule has 0 spiro atoms. The Morgan fingerprint density at radius 2 is 1.65 bits per heavy atom. The number of hydrogen-bond donors (Lipinski definition) is 1. The number of hydrogen-bond acceptors (Lipinski definition) is 4. The summed E-state index contributed by atoms with van der Waals surface area (Å²) in [6, 6.07) is 0. The van der Waals surface area contributed by atoms with Gasteiger partial charge in [0.05, 0.1) is 10.1 Å². The molecule has 1 saturated carbocycles. The zero-order valence-electron chi connectivity index (χ0n) is 12.6. The summed E-state index contributed by atoms with van der Waals surface area (Å²) in [5, 5.41) is 10.2. The molecule has 1 heterocycles. The van der Waals surface area contributed by atoms with Gasteiger partial charge >= 0.3 is 0 Å². The van der Waals surface area contributed by atoms with E-state index in [4.69, 9.17) is 4.43 Å². The first-order valence-electron chi connectivity index (χ1n) is 7.03. The van der Waals surface area contributed by atoms with E-state index >= 15 is 0 Å². The number of aromatic nitrogens is 2. The highest BCUT2D eigenvalue weighted by molar-refractivity contribution is 9.10. The van der Waals surface area contributed by atoms with Crippen LogP contribution in [0, 0.1) is 0 Å². The molecule has 0 atom stereocenters. The summed E-state index contributed by atoms with van der Waals surface area (Å²) in [5.41, 5.74) is -1.03. The van der Waals surface area contributed by atoms with Crippen molar-refractivity contribution in [3.63, 3.8) is 0 Å². The lowest BCUT2D eigenvalue weighted by Crippen LogP contribution is -2.47. The monoisotopic (exact) mass is 358 g/mol. The molecular weight excluding hydrogens is 336 g/mol. The second-order valence-corrected chi connectivity index (χ2v) is 12.3. The van der Waals surface area contributed by atoms with Crippen molar-refractivity contribution in [2.24, 2.45) is 0 Å². The Hall–Kier alpha value is -0.303. The second kappa shape index (κ2) is 5.48. The molecule has 2 rings (SSSR count). The maximum absolute atomic E-state index is 10.2. The number of aliphatic hydroxyl groups is 1. The van der Waals surface area contributed by atoms with Crippen LogP contribution in [0.5, 0.6) is 0 Å². The van der Waals surface area contributed by atoms with Gasteiger partial charge in [0.2, 0.25) is 0 Å². The third-order valence-electron chi connectivity index (χ3n) is 3.66. The molecule has 112 valence electrons. The van der Waals surface area contributed by atoms with Crippen LogP contribution in [0.4, 0.5) is 0 Å². The minimum Gasteiger partial charge on any atom is -0.405 e. The highest BCUT2D eigenvalue weighted by Gasteiger charge is 2.45. The molecule has 0 amide bonds. The first-order chi connectivity index (χ1) is 9.12. The van der Waals surface area contributed by atoms with Crippen LogP contribution in [-0.4, -0.2) is 29.0 Å². The summed E-state index contributed by atoms with van der Waals surface area (Å²) in [4.78, 5) is 8.93. The molecule has 20 heavy (non-hydrogen) atoms. The first-order valence-corrected chi connectivity index (χ1v) is 11.2. The van der Waals surface area contributed by atoms with Crippen LogP contribution in [0.15, 0.2) is 16.9 Å². The van der Waals surface area contributed by atoms with Gasteiger partial charge in [-0.3, -0.25) is 0 Å². The Morgan fingerprint density at radius 1 is 1.15 bits per heavy atom. The van der Waals surface area contributed by atoms with E-state index in [1.165, 1.54) is 0 Å². The molecule has 0 radical (unpaired) electrons. The summed E-state index contributed by atoms with van der Waals surface area (Å²) in [7, 11) is -1.73. The number of nitrogens with zero attached hydrogens (tertiary/aromatic N) is 2. The van der Waals surface area contributed by atoms with E-state index in [2.05, 4.69) is 45.5 Å². The average Bonchev–Trinajstić information content (AvgIpc) is 2.32. The molecule has 1 fully saturated rings. The average molecular weight is 359 g/mol. The van der Waals surface area contributed by atoms with E-state index < -0.39 is 19.5 Å². The van der Waals surface area contributed by atoms with Crippen molar-refractivity contribution in [1.29, 1.82) is 0 Å². The second-order valence-electron chi connectivity index (χ2n) is 6.93. The molecule has 0 aromatic carbocycles. The molecule has 1 aromatic rings. The lowest BCUT2D eigenvalue weighted by molar-refractivity contribution is -0.0698. The molecule has 4 nitrogen and oxygen atoms in total. The molecule has 1 aliphatic carbocycles. The third-order valence-corrected chi connectivity index (χ3v) is 5.08. The van der Waals surface area contributed by atoms with E-state index in [1.807, 2.05) is 6.92 Å². The van der Waals surface area contributed by atoms with Crippen LogP contribution in [0.25, 0.3) is 0 Å². The Balaban J connectivity index is 2.32. The zero-order valence-corrected chi connectivity index (χ0v) is 15.2. The standard InChI is InChI=1S/C14H23BrN2O2Si/c1-13(18)5-7-14(8-6-13,19-20(2,3)4)12-16-9-11(15)10-17-12/h9-10,18H,5-8H2,1-4H3. The maximum atomic E-state index is 10.2. The molecule has 0 saturated heterocycles. The fourth-order valence-electron chi connectivity index (χ4n) is 2.70. The van der Waals surface area contributed by atoms with Crippen molar-refractivity contribution in [3.8, 4) is 0 Å². The van der Waals surface area contributed by atoms with Crippen molar-refractivity contribution in [2.45, 2.75) is 63.5 Å². The summed E-state index contributed by atoms with van der Waals surface area (Å²) >= 11 is 3.37. The van der Waals surface area contributed by atoms with Crippen LogP contribution in [0.2, 0.25) is 19.6 Å². The van der Waals surface area contributed by atoms with Gasteiger partial charge in [0, 0.05) is 12.4 Å². The smallest absolute Gasteiger partial charge is 0.185 e. The summed E-state index contributed by atoms with van der Waals surface area (Å²) in [5.74, 6) is 0.749. The molecular formula is C14H23BrN2O2Si. The van der Waals surface area contributed by atoms with Gasteiger partial charge in [-0.25, -0.2) is 9.97 Å². The van der Waals surface area contributed by atoms with Crippen molar-refractivity contribution in [2.75, 3.05) is 0 Å². The van der Waals surface area contributed by atoms with Crippen molar-refractivity contribution in [3.05, 3.63) is 22.7 Å². The van der Waals surface area contributed by atoms with Crippen molar-refractivity contribution in [1.82, 2.24) is 9.97 Å². The highest BCUT2D eigenvalue weighted by atomic mass is 79.9.